The van der Waals surface area contributed by atoms with Gasteiger partial charge < -0.3 is 14.6 Å². The number of rotatable bonds is 4. The Balaban J connectivity index is 2.40. The van der Waals surface area contributed by atoms with Crippen LogP contribution in [0.3, 0.4) is 0 Å². The molecule has 1 aliphatic rings. The number of halogens is 1. The summed E-state index contributed by atoms with van der Waals surface area (Å²) in [5, 5.41) is 10.4. The number of benzene rings is 1. The van der Waals surface area contributed by atoms with Gasteiger partial charge in [0.05, 0.1) is 7.11 Å². The Kier molecular flexibility index (Phi) is 4.89. The first-order valence-corrected chi connectivity index (χ1v) is 7.27. The van der Waals surface area contributed by atoms with Crippen LogP contribution in [0.5, 0.6) is 5.75 Å². The predicted molar refractivity (Wildman–Crippen MR) is 76.1 cm³/mol. The molecule has 2 unspecified atom stereocenters. The first-order valence-electron chi connectivity index (χ1n) is 6.73. The van der Waals surface area contributed by atoms with Gasteiger partial charge in [-0.05, 0) is 30.9 Å². The number of fused-ring (bicyclic) bond motifs is 1. The van der Waals surface area contributed by atoms with Gasteiger partial charge in [0.1, 0.15) is 11.9 Å². The second-order valence-corrected chi connectivity index (χ2v) is 5.32. The fourth-order valence-electron chi connectivity index (χ4n) is 2.60. The zero-order chi connectivity index (χ0) is 14.6. The van der Waals surface area contributed by atoms with Crippen LogP contribution in [-0.4, -0.2) is 35.8 Å². The van der Waals surface area contributed by atoms with Gasteiger partial charge in [-0.15, -0.1) is 11.6 Å². The molecule has 1 aromatic carbocycles. The molecule has 110 valence electrons. The van der Waals surface area contributed by atoms with Crippen molar-refractivity contribution in [2.45, 2.75) is 37.4 Å². The van der Waals surface area contributed by atoms with Crippen molar-refractivity contribution in [3.63, 3.8) is 0 Å². The highest BCUT2D eigenvalue weighted by Crippen LogP contribution is 2.35. The van der Waals surface area contributed by atoms with Gasteiger partial charge in [0.15, 0.2) is 0 Å². The van der Waals surface area contributed by atoms with E-state index in [4.69, 9.17) is 21.1 Å². The molecule has 0 aromatic heterocycles. The molecule has 0 fully saturated rings. The van der Waals surface area contributed by atoms with Crippen molar-refractivity contribution < 1.29 is 19.4 Å². The number of ether oxygens (including phenoxy) is 2. The lowest BCUT2D eigenvalue weighted by Crippen LogP contribution is -2.54. The molecule has 1 aliphatic heterocycles. The van der Waals surface area contributed by atoms with Gasteiger partial charge in [0.2, 0.25) is 5.60 Å². The Morgan fingerprint density at radius 2 is 2.30 bits per heavy atom. The van der Waals surface area contributed by atoms with Gasteiger partial charge >= 0.3 is 5.97 Å². The van der Waals surface area contributed by atoms with Gasteiger partial charge in [-0.2, -0.15) is 0 Å². The molecule has 0 spiro atoms. The van der Waals surface area contributed by atoms with Crippen LogP contribution in [0.4, 0.5) is 0 Å². The Bertz CT molecular complexity index is 477. The highest BCUT2D eigenvalue weighted by atomic mass is 35.5. The van der Waals surface area contributed by atoms with Crippen LogP contribution in [0, 0.1) is 0 Å². The van der Waals surface area contributed by atoms with Gasteiger partial charge in [-0.25, -0.2) is 4.79 Å². The van der Waals surface area contributed by atoms with Crippen molar-refractivity contribution in [2.24, 2.45) is 0 Å². The van der Waals surface area contributed by atoms with E-state index in [9.17, 15) is 9.90 Å². The maximum Gasteiger partial charge on any atom is 0.352 e. The number of aliphatic hydroxyl groups is 1. The molecule has 0 saturated carbocycles. The van der Waals surface area contributed by atoms with Crippen LogP contribution in [-0.2, 0) is 16.0 Å². The molecule has 1 N–H and O–H groups in total. The number of hydrogen-bond acceptors (Lipinski definition) is 4. The smallest absolute Gasteiger partial charge is 0.352 e. The number of para-hydroxylation sites is 1. The van der Waals surface area contributed by atoms with E-state index in [1.165, 1.54) is 7.11 Å². The third kappa shape index (κ3) is 2.76. The molecular formula is C15H19ClO4. The van der Waals surface area contributed by atoms with Gasteiger partial charge in [0, 0.05) is 12.3 Å². The van der Waals surface area contributed by atoms with Gasteiger partial charge in [-0.3, -0.25) is 0 Å². The zero-order valence-corrected chi connectivity index (χ0v) is 12.2. The molecular weight excluding hydrogens is 280 g/mol. The van der Waals surface area contributed by atoms with Crippen molar-refractivity contribution in [1.82, 2.24) is 0 Å². The number of esters is 1. The van der Waals surface area contributed by atoms with E-state index in [1.54, 1.807) is 0 Å². The van der Waals surface area contributed by atoms with Crippen molar-refractivity contribution in [3.05, 3.63) is 29.8 Å². The summed E-state index contributed by atoms with van der Waals surface area (Å²) in [5.74, 6) is 0.479. The van der Waals surface area contributed by atoms with E-state index in [0.717, 1.165) is 5.56 Å². The third-order valence-corrected chi connectivity index (χ3v) is 3.97. The normalized spacial score (nSPS) is 25.2. The Hall–Kier alpha value is -1.26. The molecule has 1 heterocycles. The van der Waals surface area contributed by atoms with Crippen molar-refractivity contribution in [1.29, 1.82) is 0 Å². The summed E-state index contributed by atoms with van der Waals surface area (Å²) < 4.78 is 10.8. The van der Waals surface area contributed by atoms with E-state index in [-0.39, 0.29) is 0 Å². The average Bonchev–Trinajstić information content (AvgIpc) is 2.62. The van der Waals surface area contributed by atoms with Crippen LogP contribution < -0.4 is 4.74 Å². The highest BCUT2D eigenvalue weighted by molar-refractivity contribution is 6.17. The molecule has 0 aliphatic carbocycles. The molecule has 0 bridgehead atoms. The summed E-state index contributed by atoms with van der Waals surface area (Å²) in [7, 11) is 1.30. The first-order chi connectivity index (χ1) is 9.64. The zero-order valence-electron chi connectivity index (χ0n) is 11.5. The molecule has 0 radical (unpaired) electrons. The Morgan fingerprint density at radius 1 is 1.55 bits per heavy atom. The van der Waals surface area contributed by atoms with Crippen LogP contribution in [0.15, 0.2) is 24.3 Å². The molecule has 20 heavy (non-hydrogen) atoms. The number of hydrogen-bond donors (Lipinski definition) is 1. The summed E-state index contributed by atoms with van der Waals surface area (Å²) in [6.45, 7) is 0. The van der Waals surface area contributed by atoms with E-state index in [1.807, 2.05) is 24.3 Å². The summed E-state index contributed by atoms with van der Waals surface area (Å²) in [5.41, 5.74) is -0.376. The van der Waals surface area contributed by atoms with Gasteiger partial charge in [0.25, 0.3) is 0 Å². The Morgan fingerprint density at radius 3 is 3.00 bits per heavy atom. The number of carbonyl (C=O) groups excluding carboxylic acids is 1. The molecule has 0 amide bonds. The number of aliphatic hydroxyl groups excluding tert-OH is 1. The molecule has 4 nitrogen and oxygen atoms in total. The molecule has 0 saturated heterocycles. The van der Waals surface area contributed by atoms with Crippen molar-refractivity contribution in [3.8, 4) is 5.75 Å². The van der Waals surface area contributed by atoms with Crippen LogP contribution in [0.1, 0.15) is 24.8 Å². The molecule has 2 rings (SSSR count). The third-order valence-electron chi connectivity index (χ3n) is 3.70. The first kappa shape index (κ1) is 15.1. The molecule has 1 aromatic rings. The summed E-state index contributed by atoms with van der Waals surface area (Å²) in [6.07, 6.45) is 1.10. The number of carbonyl (C=O) groups is 1. The minimum atomic E-state index is -1.36. The van der Waals surface area contributed by atoms with E-state index in [0.29, 0.717) is 37.3 Å². The monoisotopic (exact) mass is 298 g/mol. The minimum Gasteiger partial charge on any atom is -0.472 e. The quantitative estimate of drug-likeness (QED) is 0.684. The minimum absolute atomic E-state index is 0.332. The second kappa shape index (κ2) is 6.46. The standard InChI is InChI=1S/C15H19ClO4/c1-19-14(18)15(9-4-10-16)13(17)8-7-11-5-2-3-6-12(11)20-15/h2-3,5-6,13,17H,4,7-10H2,1H3. The van der Waals surface area contributed by atoms with Crippen LogP contribution in [0.25, 0.3) is 0 Å². The maximum absolute atomic E-state index is 12.2. The van der Waals surface area contributed by atoms with E-state index < -0.39 is 17.7 Å². The van der Waals surface area contributed by atoms with E-state index >= 15 is 0 Å². The average molecular weight is 299 g/mol. The largest absolute Gasteiger partial charge is 0.472 e. The second-order valence-electron chi connectivity index (χ2n) is 4.94. The maximum atomic E-state index is 12.2. The fourth-order valence-corrected chi connectivity index (χ4v) is 2.73. The topological polar surface area (TPSA) is 55.8 Å². The van der Waals surface area contributed by atoms with Gasteiger partial charge in [-0.1, -0.05) is 18.2 Å². The lowest BCUT2D eigenvalue weighted by Gasteiger charge is -2.34. The Labute approximate surface area is 123 Å². The lowest BCUT2D eigenvalue weighted by molar-refractivity contribution is -0.171. The summed E-state index contributed by atoms with van der Waals surface area (Å²) in [4.78, 5) is 12.2. The van der Waals surface area contributed by atoms with Crippen LogP contribution >= 0.6 is 11.6 Å². The van der Waals surface area contributed by atoms with Crippen LogP contribution in [0.2, 0.25) is 0 Å². The lowest BCUT2D eigenvalue weighted by atomic mass is 9.88. The number of methoxy groups -OCH3 is 1. The fraction of sp³-hybridized carbons (Fsp3) is 0.533. The predicted octanol–water partition coefficient (Wildman–Crippen LogP) is 2.30. The highest BCUT2D eigenvalue weighted by Gasteiger charge is 2.49. The van der Waals surface area contributed by atoms with E-state index in [2.05, 4.69) is 0 Å². The number of aryl methyl sites for hydroxylation is 1. The molecule has 2 atom stereocenters. The summed E-state index contributed by atoms with van der Waals surface area (Å²) in [6, 6.07) is 7.52. The SMILES string of the molecule is COC(=O)C1(CCCCl)Oc2ccccc2CCC1O. The van der Waals surface area contributed by atoms with Crippen molar-refractivity contribution in [2.75, 3.05) is 13.0 Å². The number of alkyl halides is 1. The van der Waals surface area contributed by atoms with Crippen molar-refractivity contribution >= 4 is 17.6 Å². The molecule has 5 heteroatoms. The summed E-state index contributed by atoms with van der Waals surface area (Å²) >= 11 is 5.73.